The normalized spacial score (nSPS) is 19.6. The first-order valence-corrected chi connectivity index (χ1v) is 7.47. The number of hydrogen-bond acceptors (Lipinski definition) is 3. The largest absolute Gasteiger partial charge is 0.290 e. The Balaban J connectivity index is 1.81. The van der Waals surface area contributed by atoms with E-state index in [0.29, 0.717) is 4.47 Å². The summed E-state index contributed by atoms with van der Waals surface area (Å²) in [5.41, 5.74) is 2.12. The molecule has 1 aromatic carbocycles. The molecule has 0 amide bonds. The van der Waals surface area contributed by atoms with Crippen molar-refractivity contribution in [3.8, 4) is 0 Å². The van der Waals surface area contributed by atoms with Crippen LogP contribution in [0.3, 0.4) is 0 Å². The van der Waals surface area contributed by atoms with Crippen LogP contribution in [-0.2, 0) is 13.6 Å². The summed E-state index contributed by atoms with van der Waals surface area (Å²) in [6.45, 7) is 1.82. The number of hydrogen-bond donors (Lipinski definition) is 0. The van der Waals surface area contributed by atoms with Crippen LogP contribution < -0.4 is 0 Å². The van der Waals surface area contributed by atoms with Gasteiger partial charge in [0.15, 0.2) is 0 Å². The molecule has 0 N–H and O–H groups in total. The Morgan fingerprint density at radius 2 is 2.30 bits per heavy atom. The van der Waals surface area contributed by atoms with E-state index in [1.54, 1.807) is 23.0 Å². The van der Waals surface area contributed by atoms with Crippen molar-refractivity contribution in [2.24, 2.45) is 7.05 Å². The number of benzene rings is 1. The second kappa shape index (κ2) is 5.61. The predicted octanol–water partition coefficient (Wildman–Crippen LogP) is 3.05. The summed E-state index contributed by atoms with van der Waals surface area (Å²) < 4.78 is 16.0. The molecule has 1 aliphatic heterocycles. The molecule has 0 spiro atoms. The monoisotopic (exact) mass is 338 g/mol. The summed E-state index contributed by atoms with van der Waals surface area (Å²) in [5, 5.41) is 7.86. The molecule has 0 bridgehead atoms. The first-order valence-electron chi connectivity index (χ1n) is 6.67. The Morgan fingerprint density at radius 3 is 3.00 bits per heavy atom. The molecule has 0 aliphatic carbocycles. The number of aromatic nitrogens is 3. The molecule has 1 aromatic heterocycles. The summed E-state index contributed by atoms with van der Waals surface area (Å²) in [4.78, 5) is 2.36. The first-order chi connectivity index (χ1) is 9.65. The van der Waals surface area contributed by atoms with Gasteiger partial charge in [0, 0.05) is 19.6 Å². The van der Waals surface area contributed by atoms with Crippen molar-refractivity contribution in [3.63, 3.8) is 0 Å². The topological polar surface area (TPSA) is 34.0 Å². The maximum absolute atomic E-state index is 13.7. The number of halogens is 2. The van der Waals surface area contributed by atoms with Gasteiger partial charge in [0.05, 0.1) is 16.4 Å². The van der Waals surface area contributed by atoms with Crippen molar-refractivity contribution in [1.82, 2.24) is 19.9 Å². The van der Waals surface area contributed by atoms with Crippen molar-refractivity contribution in [1.29, 1.82) is 0 Å². The van der Waals surface area contributed by atoms with Crippen LogP contribution >= 0.6 is 15.9 Å². The fraction of sp³-hybridized carbons (Fsp3) is 0.429. The third-order valence-corrected chi connectivity index (χ3v) is 4.51. The lowest BCUT2D eigenvalue weighted by atomic mass is 10.0. The SMILES string of the molecule is Cn1nncc1CN1CCCC1c1ccc(Br)c(F)c1. The molecule has 1 fully saturated rings. The van der Waals surface area contributed by atoms with Gasteiger partial charge in [0.2, 0.25) is 0 Å². The van der Waals surface area contributed by atoms with Crippen LogP contribution in [0.5, 0.6) is 0 Å². The minimum atomic E-state index is -0.198. The average molecular weight is 339 g/mol. The molecular formula is C14H16BrFN4. The van der Waals surface area contributed by atoms with Gasteiger partial charge in [-0.2, -0.15) is 0 Å². The molecule has 20 heavy (non-hydrogen) atoms. The molecule has 1 atom stereocenters. The Kier molecular flexibility index (Phi) is 3.85. The van der Waals surface area contributed by atoms with Gasteiger partial charge in [0.1, 0.15) is 5.82 Å². The van der Waals surface area contributed by atoms with Crippen molar-refractivity contribution < 1.29 is 4.39 Å². The van der Waals surface area contributed by atoms with E-state index in [1.165, 1.54) is 0 Å². The first kappa shape index (κ1) is 13.7. The van der Waals surface area contributed by atoms with E-state index in [2.05, 4.69) is 31.1 Å². The van der Waals surface area contributed by atoms with E-state index in [0.717, 1.165) is 37.2 Å². The highest BCUT2D eigenvalue weighted by Gasteiger charge is 2.27. The Morgan fingerprint density at radius 1 is 1.45 bits per heavy atom. The summed E-state index contributed by atoms with van der Waals surface area (Å²) in [6, 6.07) is 5.69. The zero-order valence-electron chi connectivity index (χ0n) is 11.3. The second-order valence-electron chi connectivity index (χ2n) is 5.15. The molecule has 1 saturated heterocycles. The van der Waals surface area contributed by atoms with Crippen molar-refractivity contribution in [3.05, 3.63) is 45.9 Å². The molecule has 0 saturated carbocycles. The minimum absolute atomic E-state index is 0.198. The smallest absolute Gasteiger partial charge is 0.137 e. The second-order valence-corrected chi connectivity index (χ2v) is 6.01. The van der Waals surface area contributed by atoms with E-state index >= 15 is 0 Å². The zero-order chi connectivity index (χ0) is 14.1. The number of nitrogens with zero attached hydrogens (tertiary/aromatic N) is 4. The van der Waals surface area contributed by atoms with Crippen molar-refractivity contribution in [2.45, 2.75) is 25.4 Å². The van der Waals surface area contributed by atoms with Crippen LogP contribution in [0.2, 0.25) is 0 Å². The zero-order valence-corrected chi connectivity index (χ0v) is 12.8. The van der Waals surface area contributed by atoms with Gasteiger partial charge in [-0.05, 0) is 53.0 Å². The molecule has 3 rings (SSSR count). The van der Waals surface area contributed by atoms with Crippen LogP contribution in [0.4, 0.5) is 4.39 Å². The molecule has 0 radical (unpaired) electrons. The van der Waals surface area contributed by atoms with Gasteiger partial charge < -0.3 is 0 Å². The van der Waals surface area contributed by atoms with Gasteiger partial charge in [0.25, 0.3) is 0 Å². The van der Waals surface area contributed by atoms with E-state index in [4.69, 9.17) is 0 Å². The van der Waals surface area contributed by atoms with Crippen LogP contribution in [-0.4, -0.2) is 26.4 Å². The lowest BCUT2D eigenvalue weighted by molar-refractivity contribution is 0.241. The van der Waals surface area contributed by atoms with Crippen molar-refractivity contribution in [2.75, 3.05) is 6.54 Å². The van der Waals surface area contributed by atoms with Gasteiger partial charge in [-0.1, -0.05) is 11.3 Å². The summed E-state index contributed by atoms with van der Waals surface area (Å²) >= 11 is 3.20. The highest BCUT2D eigenvalue weighted by Crippen LogP contribution is 2.34. The molecule has 6 heteroatoms. The van der Waals surface area contributed by atoms with Crippen LogP contribution in [0.15, 0.2) is 28.9 Å². The number of rotatable bonds is 3. The highest BCUT2D eigenvalue weighted by molar-refractivity contribution is 9.10. The van der Waals surface area contributed by atoms with Gasteiger partial charge >= 0.3 is 0 Å². The number of likely N-dealkylation sites (tertiary alicyclic amines) is 1. The van der Waals surface area contributed by atoms with E-state index in [-0.39, 0.29) is 11.9 Å². The fourth-order valence-corrected chi connectivity index (χ4v) is 3.02. The maximum Gasteiger partial charge on any atom is 0.137 e. The lowest BCUT2D eigenvalue weighted by Gasteiger charge is -2.24. The van der Waals surface area contributed by atoms with Gasteiger partial charge in [-0.15, -0.1) is 5.10 Å². The Hall–Kier alpha value is -1.27. The Labute approximate surface area is 125 Å². The Bertz CT molecular complexity index is 613. The fourth-order valence-electron chi connectivity index (χ4n) is 2.77. The van der Waals surface area contributed by atoms with E-state index in [1.807, 2.05) is 13.1 Å². The molecule has 4 nitrogen and oxygen atoms in total. The summed E-state index contributed by atoms with van der Waals surface area (Å²) in [6.07, 6.45) is 3.98. The highest BCUT2D eigenvalue weighted by atomic mass is 79.9. The third-order valence-electron chi connectivity index (χ3n) is 3.87. The van der Waals surface area contributed by atoms with Crippen molar-refractivity contribution >= 4 is 15.9 Å². The molecule has 2 heterocycles. The van der Waals surface area contributed by atoms with Crippen LogP contribution in [0, 0.1) is 5.82 Å². The van der Waals surface area contributed by atoms with Crippen LogP contribution in [0.1, 0.15) is 30.1 Å². The molecule has 106 valence electrons. The van der Waals surface area contributed by atoms with E-state index < -0.39 is 0 Å². The average Bonchev–Trinajstić information content (AvgIpc) is 3.04. The lowest BCUT2D eigenvalue weighted by Crippen LogP contribution is -2.24. The summed E-state index contributed by atoms with van der Waals surface area (Å²) in [7, 11) is 1.90. The number of aryl methyl sites for hydroxylation is 1. The van der Waals surface area contributed by atoms with Gasteiger partial charge in [-0.25, -0.2) is 4.39 Å². The molecule has 2 aromatic rings. The summed E-state index contributed by atoms with van der Waals surface area (Å²) in [5.74, 6) is -0.198. The van der Waals surface area contributed by atoms with E-state index in [9.17, 15) is 4.39 Å². The molecular weight excluding hydrogens is 323 g/mol. The molecule has 1 aliphatic rings. The quantitative estimate of drug-likeness (QED) is 0.862. The predicted molar refractivity (Wildman–Crippen MR) is 77.5 cm³/mol. The molecule has 1 unspecified atom stereocenters. The third kappa shape index (κ3) is 2.62. The standard InChI is InChI=1S/C14H16BrFN4/c1-19-11(8-17-18-19)9-20-6-2-3-14(20)10-4-5-12(15)13(16)7-10/h4-5,7-8,14H,2-3,6,9H2,1H3. The van der Waals surface area contributed by atoms with Gasteiger partial charge in [-0.3, -0.25) is 9.58 Å². The minimum Gasteiger partial charge on any atom is -0.290 e. The maximum atomic E-state index is 13.7. The van der Waals surface area contributed by atoms with Crippen LogP contribution in [0.25, 0.3) is 0 Å².